The van der Waals surface area contributed by atoms with Crippen molar-refractivity contribution in [3.8, 4) is 0 Å². The number of nitrogens with zero attached hydrogens (tertiary/aromatic N) is 1. The summed E-state index contributed by atoms with van der Waals surface area (Å²) in [7, 11) is 0. The predicted molar refractivity (Wildman–Crippen MR) is 83.8 cm³/mol. The van der Waals surface area contributed by atoms with E-state index in [-0.39, 0.29) is 23.5 Å². The number of piperidine rings is 1. The minimum atomic E-state index is -0.362. The average molecular weight is 314 g/mol. The van der Waals surface area contributed by atoms with Crippen molar-refractivity contribution < 1.29 is 19.4 Å². The summed E-state index contributed by atoms with van der Waals surface area (Å²) in [5, 5.41) is 13.5. The molecule has 2 fully saturated rings. The Hall–Kier alpha value is -0.200. The van der Waals surface area contributed by atoms with Gasteiger partial charge in [-0.25, -0.2) is 0 Å². The second-order valence-electron chi connectivity index (χ2n) is 7.84. The molecule has 0 bridgehead atoms. The molecule has 0 aromatic heterocycles. The topological polar surface area (TPSA) is 50.8 Å². The van der Waals surface area contributed by atoms with E-state index in [4.69, 9.17) is 14.2 Å². The van der Waals surface area contributed by atoms with E-state index in [9.17, 15) is 5.21 Å². The van der Waals surface area contributed by atoms with Gasteiger partial charge in [0.1, 0.15) is 0 Å². The summed E-state index contributed by atoms with van der Waals surface area (Å²) in [6, 6.07) is 0. The van der Waals surface area contributed by atoms with Crippen LogP contribution in [0.15, 0.2) is 0 Å². The van der Waals surface area contributed by atoms with Gasteiger partial charge in [-0.05, 0) is 66.2 Å². The minimum Gasteiger partial charge on any atom is -0.378 e. The van der Waals surface area contributed by atoms with Crippen LogP contribution in [0.5, 0.6) is 0 Å². The van der Waals surface area contributed by atoms with Crippen LogP contribution in [0.25, 0.3) is 0 Å². The SMILES string of the molecule is CC1(C)CC(OCCCOC2CCCCO2)CC(C)(C)N1[O]. The van der Waals surface area contributed by atoms with Gasteiger partial charge in [0, 0.05) is 24.3 Å². The highest BCUT2D eigenvalue weighted by Crippen LogP contribution is 2.38. The fourth-order valence-corrected chi connectivity index (χ4v) is 3.66. The van der Waals surface area contributed by atoms with Gasteiger partial charge in [-0.1, -0.05) is 0 Å². The van der Waals surface area contributed by atoms with E-state index in [1.54, 1.807) is 0 Å². The molecule has 1 unspecified atom stereocenters. The molecule has 0 spiro atoms. The molecule has 2 aliphatic rings. The van der Waals surface area contributed by atoms with Crippen molar-refractivity contribution in [3.05, 3.63) is 0 Å². The second-order valence-corrected chi connectivity index (χ2v) is 7.84. The Kier molecular flexibility index (Phi) is 6.25. The molecule has 5 nitrogen and oxygen atoms in total. The van der Waals surface area contributed by atoms with Crippen LogP contribution in [0.1, 0.15) is 66.2 Å². The molecular weight excluding hydrogens is 282 g/mol. The molecule has 1 atom stereocenters. The van der Waals surface area contributed by atoms with Crippen molar-refractivity contribution in [2.75, 3.05) is 19.8 Å². The van der Waals surface area contributed by atoms with Crippen LogP contribution in [-0.2, 0) is 19.4 Å². The van der Waals surface area contributed by atoms with Crippen LogP contribution in [-0.4, -0.2) is 48.4 Å². The fourth-order valence-electron chi connectivity index (χ4n) is 3.66. The van der Waals surface area contributed by atoms with Crippen LogP contribution in [0, 0.1) is 0 Å². The molecule has 129 valence electrons. The first-order valence-corrected chi connectivity index (χ1v) is 8.63. The Bertz CT molecular complexity index is 322. The first-order valence-electron chi connectivity index (χ1n) is 8.63. The molecule has 2 saturated heterocycles. The number of rotatable bonds is 6. The molecule has 0 aromatic carbocycles. The molecule has 5 heteroatoms. The first-order chi connectivity index (χ1) is 10.3. The summed E-state index contributed by atoms with van der Waals surface area (Å²) >= 11 is 0. The van der Waals surface area contributed by atoms with E-state index in [0.717, 1.165) is 38.7 Å². The Morgan fingerprint density at radius 1 is 1.05 bits per heavy atom. The standard InChI is InChI=1S/C17H32NO4/c1-16(2)12-14(13-17(3,4)18(16)19)20-10-7-11-22-15-8-5-6-9-21-15/h14-15H,5-13H2,1-4H3. The van der Waals surface area contributed by atoms with E-state index >= 15 is 0 Å². The molecule has 22 heavy (non-hydrogen) atoms. The average Bonchev–Trinajstić information content (AvgIpc) is 2.45. The summed E-state index contributed by atoms with van der Waals surface area (Å²) in [4.78, 5) is 0. The monoisotopic (exact) mass is 314 g/mol. The largest absolute Gasteiger partial charge is 0.378 e. The van der Waals surface area contributed by atoms with Gasteiger partial charge in [0.25, 0.3) is 0 Å². The van der Waals surface area contributed by atoms with Gasteiger partial charge in [0.05, 0.1) is 12.7 Å². The minimum absolute atomic E-state index is 0.0182. The molecule has 0 aliphatic carbocycles. The van der Waals surface area contributed by atoms with Gasteiger partial charge in [-0.3, -0.25) is 0 Å². The normalized spacial score (nSPS) is 29.6. The van der Waals surface area contributed by atoms with Crippen molar-refractivity contribution in [2.45, 2.75) is 89.7 Å². The van der Waals surface area contributed by atoms with Crippen molar-refractivity contribution in [1.82, 2.24) is 5.06 Å². The molecule has 2 heterocycles. The molecule has 2 aliphatic heterocycles. The highest BCUT2D eigenvalue weighted by Gasteiger charge is 2.46. The molecule has 2 rings (SSSR count). The lowest BCUT2D eigenvalue weighted by atomic mass is 9.80. The summed E-state index contributed by atoms with van der Waals surface area (Å²) in [6.45, 7) is 10.2. The van der Waals surface area contributed by atoms with E-state index in [2.05, 4.69) is 0 Å². The zero-order valence-corrected chi connectivity index (χ0v) is 14.6. The highest BCUT2D eigenvalue weighted by atomic mass is 16.7. The van der Waals surface area contributed by atoms with Gasteiger partial charge >= 0.3 is 0 Å². The van der Waals surface area contributed by atoms with Crippen LogP contribution in [0.4, 0.5) is 0 Å². The summed E-state index contributed by atoms with van der Waals surface area (Å²) in [5.41, 5.74) is -0.724. The molecule has 0 aromatic rings. The van der Waals surface area contributed by atoms with Crippen molar-refractivity contribution in [1.29, 1.82) is 0 Å². The predicted octanol–water partition coefficient (Wildman–Crippen LogP) is 3.30. The Balaban J connectivity index is 1.64. The van der Waals surface area contributed by atoms with Gasteiger partial charge < -0.3 is 14.2 Å². The fraction of sp³-hybridized carbons (Fsp3) is 1.00. The smallest absolute Gasteiger partial charge is 0.157 e. The van der Waals surface area contributed by atoms with Crippen molar-refractivity contribution >= 4 is 0 Å². The lowest BCUT2D eigenvalue weighted by molar-refractivity contribution is -0.301. The maximum absolute atomic E-state index is 12.3. The van der Waals surface area contributed by atoms with Gasteiger partial charge in [-0.2, -0.15) is 0 Å². The molecule has 0 saturated carbocycles. The zero-order valence-electron chi connectivity index (χ0n) is 14.6. The number of hydroxylamine groups is 2. The van der Waals surface area contributed by atoms with E-state index < -0.39 is 0 Å². The number of hydrogen-bond acceptors (Lipinski definition) is 4. The molecule has 0 amide bonds. The summed E-state index contributed by atoms with van der Waals surface area (Å²) < 4.78 is 17.3. The van der Waals surface area contributed by atoms with Crippen molar-refractivity contribution in [3.63, 3.8) is 0 Å². The van der Waals surface area contributed by atoms with Crippen LogP contribution in [0.2, 0.25) is 0 Å². The maximum atomic E-state index is 12.3. The lowest BCUT2D eigenvalue weighted by Crippen LogP contribution is -2.59. The van der Waals surface area contributed by atoms with Gasteiger partial charge in [0.15, 0.2) is 6.29 Å². The Morgan fingerprint density at radius 2 is 1.68 bits per heavy atom. The molecular formula is C17H32NO4. The van der Waals surface area contributed by atoms with E-state index in [0.29, 0.717) is 13.2 Å². The quantitative estimate of drug-likeness (QED) is 0.706. The Morgan fingerprint density at radius 3 is 2.27 bits per heavy atom. The third kappa shape index (κ3) is 4.90. The summed E-state index contributed by atoms with van der Waals surface area (Å²) in [5.74, 6) is 0. The third-order valence-electron chi connectivity index (χ3n) is 4.64. The maximum Gasteiger partial charge on any atom is 0.157 e. The molecule has 1 radical (unpaired) electrons. The van der Waals surface area contributed by atoms with Crippen LogP contribution >= 0.6 is 0 Å². The number of hydrogen-bond donors (Lipinski definition) is 0. The highest BCUT2D eigenvalue weighted by molar-refractivity contribution is 4.96. The lowest BCUT2D eigenvalue weighted by Gasteiger charge is -2.49. The van der Waals surface area contributed by atoms with Crippen LogP contribution < -0.4 is 0 Å². The first kappa shape index (κ1) is 18.1. The van der Waals surface area contributed by atoms with Crippen LogP contribution in [0.3, 0.4) is 0 Å². The van der Waals surface area contributed by atoms with Crippen molar-refractivity contribution in [2.24, 2.45) is 0 Å². The van der Waals surface area contributed by atoms with Gasteiger partial charge in [-0.15, -0.1) is 10.3 Å². The van der Waals surface area contributed by atoms with E-state index in [1.165, 1.54) is 11.5 Å². The number of ether oxygens (including phenoxy) is 3. The van der Waals surface area contributed by atoms with Gasteiger partial charge in [0.2, 0.25) is 0 Å². The summed E-state index contributed by atoms with van der Waals surface area (Å²) in [6.07, 6.45) is 5.92. The third-order valence-corrected chi connectivity index (χ3v) is 4.64. The zero-order chi connectivity index (χ0) is 16.2. The molecule has 0 N–H and O–H groups in total. The van der Waals surface area contributed by atoms with E-state index in [1.807, 2.05) is 27.7 Å². The second kappa shape index (κ2) is 7.58. The Labute approximate surface area is 134 Å².